The van der Waals surface area contributed by atoms with Gasteiger partial charge in [0.25, 0.3) is 0 Å². The number of hydrogen-bond donors (Lipinski definition) is 0. The summed E-state index contributed by atoms with van der Waals surface area (Å²) >= 11 is 0. The van der Waals surface area contributed by atoms with E-state index in [0.717, 1.165) is 45.6 Å². The summed E-state index contributed by atoms with van der Waals surface area (Å²) in [7, 11) is 0. The molecule has 1 aromatic rings. The van der Waals surface area contributed by atoms with Gasteiger partial charge in [0, 0.05) is 38.9 Å². The normalized spacial score (nSPS) is 28.0. The molecule has 2 atom stereocenters. The van der Waals surface area contributed by atoms with E-state index in [1.807, 2.05) is 0 Å². The number of ether oxygens (including phenoxy) is 1. The van der Waals surface area contributed by atoms with Crippen LogP contribution in [0.25, 0.3) is 0 Å². The molecule has 22 heavy (non-hydrogen) atoms. The van der Waals surface area contributed by atoms with Crippen LogP contribution in [0.4, 0.5) is 10.2 Å². The lowest BCUT2D eigenvalue weighted by atomic mass is 9.95. The van der Waals surface area contributed by atoms with Crippen LogP contribution in [0, 0.1) is 11.7 Å². The van der Waals surface area contributed by atoms with Crippen LogP contribution < -0.4 is 4.90 Å². The first-order valence-electron chi connectivity index (χ1n) is 8.35. The van der Waals surface area contributed by atoms with Crippen LogP contribution in [0.3, 0.4) is 0 Å². The van der Waals surface area contributed by atoms with Crippen LogP contribution >= 0.6 is 0 Å². The van der Waals surface area contributed by atoms with Crippen LogP contribution in [0.1, 0.15) is 26.7 Å². The molecule has 5 heteroatoms. The summed E-state index contributed by atoms with van der Waals surface area (Å²) in [5.74, 6) is 0.992. The van der Waals surface area contributed by atoms with Gasteiger partial charge in [-0.15, -0.1) is 0 Å². The van der Waals surface area contributed by atoms with Crippen molar-refractivity contribution in [2.75, 3.05) is 37.6 Å². The molecule has 4 nitrogen and oxygen atoms in total. The molecule has 0 amide bonds. The maximum atomic E-state index is 13.8. The zero-order chi connectivity index (χ0) is 15.5. The minimum Gasteiger partial charge on any atom is -0.373 e. The predicted molar refractivity (Wildman–Crippen MR) is 85.6 cm³/mol. The lowest BCUT2D eigenvalue weighted by Gasteiger charge is -2.39. The molecule has 2 fully saturated rings. The lowest BCUT2D eigenvalue weighted by molar-refractivity contribution is -0.0720. The average molecular weight is 307 g/mol. The lowest BCUT2D eigenvalue weighted by Crippen LogP contribution is -2.48. The third-order valence-corrected chi connectivity index (χ3v) is 4.66. The third kappa shape index (κ3) is 3.76. The maximum Gasteiger partial charge on any atom is 0.165 e. The highest BCUT2D eigenvalue weighted by molar-refractivity contribution is 5.39. The first-order chi connectivity index (χ1) is 10.6. The Morgan fingerprint density at radius 3 is 2.55 bits per heavy atom. The van der Waals surface area contributed by atoms with Gasteiger partial charge >= 0.3 is 0 Å². The monoisotopic (exact) mass is 307 g/mol. The minimum absolute atomic E-state index is 0.211. The van der Waals surface area contributed by atoms with Gasteiger partial charge < -0.3 is 9.64 Å². The fourth-order valence-corrected chi connectivity index (χ4v) is 3.74. The minimum atomic E-state index is -0.211. The number of piperidine rings is 1. The Kier molecular flexibility index (Phi) is 4.93. The molecule has 0 radical (unpaired) electrons. The van der Waals surface area contributed by atoms with E-state index < -0.39 is 0 Å². The molecular formula is C17H26FN3O. The van der Waals surface area contributed by atoms with E-state index in [4.69, 9.17) is 4.74 Å². The first-order valence-corrected chi connectivity index (χ1v) is 8.35. The molecule has 3 heterocycles. The largest absolute Gasteiger partial charge is 0.373 e. The topological polar surface area (TPSA) is 28.6 Å². The molecule has 122 valence electrons. The number of halogens is 1. The summed E-state index contributed by atoms with van der Waals surface area (Å²) in [6.45, 7) is 9.28. The second-order valence-electron chi connectivity index (χ2n) is 6.72. The molecule has 0 bridgehead atoms. The van der Waals surface area contributed by atoms with Gasteiger partial charge in [-0.2, -0.15) is 0 Å². The van der Waals surface area contributed by atoms with Gasteiger partial charge in [0.05, 0.1) is 12.2 Å². The first kappa shape index (κ1) is 15.7. The molecular weight excluding hydrogens is 281 g/mol. The fraction of sp³-hybridized carbons (Fsp3) is 0.706. The molecule has 2 aliphatic heterocycles. The number of rotatable bonds is 3. The number of nitrogens with zero attached hydrogens (tertiary/aromatic N) is 3. The van der Waals surface area contributed by atoms with Gasteiger partial charge in [0.1, 0.15) is 0 Å². The van der Waals surface area contributed by atoms with Crippen molar-refractivity contribution in [1.29, 1.82) is 0 Å². The predicted octanol–water partition coefficient (Wildman–Crippen LogP) is 2.55. The fourth-order valence-electron chi connectivity index (χ4n) is 3.74. The Labute approximate surface area is 132 Å². The van der Waals surface area contributed by atoms with Crippen LogP contribution in [-0.4, -0.2) is 54.8 Å². The van der Waals surface area contributed by atoms with Crippen LogP contribution in [0.5, 0.6) is 0 Å². The van der Waals surface area contributed by atoms with E-state index in [1.165, 1.54) is 6.07 Å². The second kappa shape index (κ2) is 6.92. The molecule has 0 aromatic carbocycles. The molecule has 1 aromatic heterocycles. The van der Waals surface area contributed by atoms with Crippen molar-refractivity contribution in [2.45, 2.75) is 38.9 Å². The Morgan fingerprint density at radius 2 is 1.91 bits per heavy atom. The van der Waals surface area contributed by atoms with Crippen LogP contribution in [0.2, 0.25) is 0 Å². The molecule has 0 N–H and O–H groups in total. The summed E-state index contributed by atoms with van der Waals surface area (Å²) in [6.07, 6.45) is 4.53. The van der Waals surface area contributed by atoms with Crippen molar-refractivity contribution < 1.29 is 9.13 Å². The van der Waals surface area contributed by atoms with Gasteiger partial charge in [-0.3, -0.25) is 4.90 Å². The highest BCUT2D eigenvalue weighted by Gasteiger charge is 2.27. The van der Waals surface area contributed by atoms with E-state index in [-0.39, 0.29) is 5.82 Å². The summed E-state index contributed by atoms with van der Waals surface area (Å²) < 4.78 is 19.6. The van der Waals surface area contributed by atoms with E-state index in [0.29, 0.717) is 23.9 Å². The van der Waals surface area contributed by atoms with Gasteiger partial charge in [0.2, 0.25) is 0 Å². The molecule has 3 rings (SSSR count). The summed E-state index contributed by atoms with van der Waals surface area (Å²) in [6, 6.07) is 3.14. The van der Waals surface area contributed by atoms with Gasteiger partial charge in [-0.1, -0.05) is 0 Å². The van der Waals surface area contributed by atoms with Crippen molar-refractivity contribution in [3.63, 3.8) is 0 Å². The summed E-state index contributed by atoms with van der Waals surface area (Å²) in [5.41, 5.74) is 0. The number of aromatic nitrogens is 1. The molecule has 0 spiro atoms. The Bertz CT molecular complexity index is 481. The van der Waals surface area contributed by atoms with Crippen LogP contribution in [0.15, 0.2) is 18.3 Å². The quantitative estimate of drug-likeness (QED) is 0.858. The van der Waals surface area contributed by atoms with E-state index >= 15 is 0 Å². The van der Waals surface area contributed by atoms with Crippen molar-refractivity contribution in [3.05, 3.63) is 24.1 Å². The summed E-state index contributed by atoms with van der Waals surface area (Å²) in [4.78, 5) is 8.79. The zero-order valence-electron chi connectivity index (χ0n) is 13.5. The number of morpholine rings is 1. The van der Waals surface area contributed by atoms with Gasteiger partial charge in [-0.25, -0.2) is 9.37 Å². The van der Waals surface area contributed by atoms with E-state index in [9.17, 15) is 4.39 Å². The van der Waals surface area contributed by atoms with Crippen molar-refractivity contribution in [2.24, 2.45) is 5.92 Å². The van der Waals surface area contributed by atoms with Gasteiger partial charge in [0.15, 0.2) is 11.6 Å². The Morgan fingerprint density at radius 1 is 1.23 bits per heavy atom. The second-order valence-corrected chi connectivity index (χ2v) is 6.72. The third-order valence-electron chi connectivity index (χ3n) is 4.66. The van der Waals surface area contributed by atoms with Crippen LogP contribution in [-0.2, 0) is 4.74 Å². The molecule has 0 saturated carbocycles. The standard InChI is InChI=1S/C17H26FN3O/c1-13-10-20(11-14(2)22-13)12-15-5-8-21(9-6-15)17-16(18)4-3-7-19-17/h3-4,7,13-15H,5-6,8-12H2,1-2H3/t13-,14-/m1/s1. The number of pyridine rings is 1. The Hall–Kier alpha value is -1.20. The van der Waals surface area contributed by atoms with Crippen molar-refractivity contribution >= 4 is 5.82 Å². The van der Waals surface area contributed by atoms with E-state index in [1.54, 1.807) is 12.3 Å². The maximum absolute atomic E-state index is 13.8. The molecule has 2 saturated heterocycles. The van der Waals surface area contributed by atoms with E-state index in [2.05, 4.69) is 28.6 Å². The smallest absolute Gasteiger partial charge is 0.165 e. The van der Waals surface area contributed by atoms with Gasteiger partial charge in [-0.05, 0) is 44.7 Å². The number of hydrogen-bond acceptors (Lipinski definition) is 4. The molecule has 0 aliphatic carbocycles. The molecule has 0 unspecified atom stereocenters. The van der Waals surface area contributed by atoms with Crippen molar-refractivity contribution in [1.82, 2.24) is 9.88 Å². The SMILES string of the molecule is C[C@@H]1CN(CC2CCN(c3ncccc3F)CC2)C[C@@H](C)O1. The Balaban J connectivity index is 1.51. The highest BCUT2D eigenvalue weighted by atomic mass is 19.1. The molecule has 2 aliphatic rings. The average Bonchev–Trinajstić information content (AvgIpc) is 2.48. The highest BCUT2D eigenvalue weighted by Crippen LogP contribution is 2.25. The summed E-state index contributed by atoms with van der Waals surface area (Å²) in [5, 5.41) is 0. The van der Waals surface area contributed by atoms with Crippen molar-refractivity contribution in [3.8, 4) is 0 Å². The number of anilines is 1. The zero-order valence-corrected chi connectivity index (χ0v) is 13.5.